The van der Waals surface area contributed by atoms with E-state index in [2.05, 4.69) is 4.98 Å². The van der Waals surface area contributed by atoms with Crippen molar-refractivity contribution in [3.05, 3.63) is 53.0 Å². The molecule has 0 fully saturated rings. The molecular weight excluding hydrogens is 246 g/mol. The van der Waals surface area contributed by atoms with Crippen molar-refractivity contribution in [2.75, 3.05) is 7.11 Å². The van der Waals surface area contributed by atoms with Crippen LogP contribution in [0, 0.1) is 0 Å². The van der Waals surface area contributed by atoms with Gasteiger partial charge in [-0.2, -0.15) is 0 Å². The van der Waals surface area contributed by atoms with Gasteiger partial charge in [0.2, 0.25) is 5.78 Å². The minimum atomic E-state index is 0.0484. The summed E-state index contributed by atoms with van der Waals surface area (Å²) in [4.78, 5) is 17.2. The van der Waals surface area contributed by atoms with Gasteiger partial charge in [0.15, 0.2) is 0 Å². The SMILES string of the molecule is COc1ccc(C(=O)c2cc3cc[nH]c3s2)cc1. The highest BCUT2D eigenvalue weighted by Crippen LogP contribution is 2.26. The van der Waals surface area contributed by atoms with E-state index in [1.165, 1.54) is 11.3 Å². The van der Waals surface area contributed by atoms with Gasteiger partial charge in [-0.25, -0.2) is 0 Å². The van der Waals surface area contributed by atoms with Crippen LogP contribution in [0.25, 0.3) is 10.2 Å². The molecule has 3 rings (SSSR count). The molecule has 3 nitrogen and oxygen atoms in total. The monoisotopic (exact) mass is 257 g/mol. The minimum absolute atomic E-state index is 0.0484. The molecule has 0 radical (unpaired) electrons. The third kappa shape index (κ3) is 1.80. The standard InChI is InChI=1S/C14H11NO2S/c1-17-11-4-2-9(3-5-11)13(16)12-8-10-6-7-15-14(10)18-12/h2-8,15H,1H3. The third-order valence-electron chi connectivity index (χ3n) is 2.81. The van der Waals surface area contributed by atoms with Crippen molar-refractivity contribution in [1.82, 2.24) is 4.98 Å². The number of nitrogens with one attached hydrogen (secondary N) is 1. The highest BCUT2D eigenvalue weighted by atomic mass is 32.1. The highest BCUT2D eigenvalue weighted by molar-refractivity contribution is 7.20. The number of carbonyl (C=O) groups excluding carboxylic acids is 1. The molecule has 3 aromatic rings. The summed E-state index contributed by atoms with van der Waals surface area (Å²) in [5.74, 6) is 0.803. The second-order valence-electron chi connectivity index (χ2n) is 3.93. The van der Waals surface area contributed by atoms with Crippen LogP contribution < -0.4 is 4.74 Å². The Labute approximate surface area is 108 Å². The number of thiophene rings is 1. The van der Waals surface area contributed by atoms with E-state index in [-0.39, 0.29) is 5.78 Å². The van der Waals surface area contributed by atoms with E-state index < -0.39 is 0 Å². The molecule has 0 amide bonds. The fourth-order valence-corrected chi connectivity index (χ4v) is 2.83. The second-order valence-corrected chi connectivity index (χ2v) is 4.98. The molecule has 18 heavy (non-hydrogen) atoms. The number of carbonyl (C=O) groups is 1. The number of ketones is 1. The van der Waals surface area contributed by atoms with Crippen molar-refractivity contribution in [1.29, 1.82) is 0 Å². The van der Waals surface area contributed by atoms with Gasteiger partial charge in [-0.3, -0.25) is 4.79 Å². The topological polar surface area (TPSA) is 42.1 Å². The van der Waals surface area contributed by atoms with Gasteiger partial charge in [-0.1, -0.05) is 0 Å². The number of ether oxygens (including phenoxy) is 1. The smallest absolute Gasteiger partial charge is 0.203 e. The molecule has 2 aromatic heterocycles. The molecule has 2 heterocycles. The molecule has 0 bridgehead atoms. The fourth-order valence-electron chi connectivity index (χ4n) is 1.85. The Morgan fingerprint density at radius 3 is 2.67 bits per heavy atom. The van der Waals surface area contributed by atoms with Crippen LogP contribution >= 0.6 is 11.3 Å². The van der Waals surface area contributed by atoms with Gasteiger partial charge in [0.1, 0.15) is 10.6 Å². The molecule has 0 aliphatic carbocycles. The number of hydrogen-bond donors (Lipinski definition) is 1. The molecule has 0 saturated carbocycles. The van der Waals surface area contributed by atoms with Crippen molar-refractivity contribution < 1.29 is 9.53 Å². The number of aromatic nitrogens is 1. The Bertz CT molecular complexity index is 665. The zero-order valence-electron chi connectivity index (χ0n) is 9.77. The molecule has 0 aliphatic rings. The van der Waals surface area contributed by atoms with Gasteiger partial charge < -0.3 is 9.72 Å². The number of H-pyrrole nitrogens is 1. The molecular formula is C14H11NO2S. The van der Waals surface area contributed by atoms with Gasteiger partial charge in [0, 0.05) is 17.1 Å². The van der Waals surface area contributed by atoms with Crippen LogP contribution in [0.2, 0.25) is 0 Å². The summed E-state index contributed by atoms with van der Waals surface area (Å²) in [6, 6.07) is 11.1. The van der Waals surface area contributed by atoms with E-state index in [4.69, 9.17) is 4.74 Å². The summed E-state index contributed by atoms with van der Waals surface area (Å²) in [5.41, 5.74) is 0.680. The first-order valence-electron chi connectivity index (χ1n) is 5.53. The van der Waals surface area contributed by atoms with Crippen molar-refractivity contribution in [2.45, 2.75) is 0 Å². The molecule has 1 N–H and O–H groups in total. The lowest BCUT2D eigenvalue weighted by atomic mass is 10.1. The van der Waals surface area contributed by atoms with Crippen LogP contribution in [0.1, 0.15) is 15.2 Å². The number of benzene rings is 1. The Balaban J connectivity index is 1.95. The number of hydrogen-bond acceptors (Lipinski definition) is 3. The number of methoxy groups -OCH3 is 1. The van der Waals surface area contributed by atoms with Crippen LogP contribution in [0.4, 0.5) is 0 Å². The van der Waals surface area contributed by atoms with E-state index in [0.29, 0.717) is 5.56 Å². The van der Waals surface area contributed by atoms with E-state index in [0.717, 1.165) is 20.8 Å². The highest BCUT2D eigenvalue weighted by Gasteiger charge is 2.13. The Kier molecular flexibility index (Phi) is 2.64. The zero-order chi connectivity index (χ0) is 12.5. The fraction of sp³-hybridized carbons (Fsp3) is 0.0714. The predicted octanol–water partition coefficient (Wildman–Crippen LogP) is 3.47. The summed E-state index contributed by atoms with van der Waals surface area (Å²) in [7, 11) is 1.61. The quantitative estimate of drug-likeness (QED) is 0.730. The van der Waals surface area contributed by atoms with E-state index in [1.807, 2.05) is 18.3 Å². The summed E-state index contributed by atoms with van der Waals surface area (Å²) in [6.07, 6.45) is 1.88. The van der Waals surface area contributed by atoms with Crippen molar-refractivity contribution in [3.63, 3.8) is 0 Å². The molecule has 0 unspecified atom stereocenters. The van der Waals surface area contributed by atoms with E-state index in [9.17, 15) is 4.79 Å². The maximum absolute atomic E-state index is 12.3. The zero-order valence-corrected chi connectivity index (χ0v) is 10.6. The lowest BCUT2D eigenvalue weighted by Gasteiger charge is -2.01. The lowest BCUT2D eigenvalue weighted by molar-refractivity contribution is 0.104. The van der Waals surface area contributed by atoms with E-state index >= 15 is 0 Å². The third-order valence-corrected chi connectivity index (χ3v) is 3.89. The largest absolute Gasteiger partial charge is 0.497 e. The van der Waals surface area contributed by atoms with Crippen LogP contribution in [-0.2, 0) is 0 Å². The maximum Gasteiger partial charge on any atom is 0.203 e. The van der Waals surface area contributed by atoms with Crippen LogP contribution in [-0.4, -0.2) is 17.9 Å². The molecule has 1 aromatic carbocycles. The molecule has 0 atom stereocenters. The van der Waals surface area contributed by atoms with Gasteiger partial charge >= 0.3 is 0 Å². The van der Waals surface area contributed by atoms with Crippen molar-refractivity contribution >= 4 is 27.3 Å². The summed E-state index contributed by atoms with van der Waals surface area (Å²) < 4.78 is 5.08. The van der Waals surface area contributed by atoms with E-state index in [1.54, 1.807) is 31.4 Å². The lowest BCUT2D eigenvalue weighted by Crippen LogP contribution is -1.98. The summed E-state index contributed by atoms with van der Waals surface area (Å²) in [6.45, 7) is 0. The van der Waals surface area contributed by atoms with Crippen LogP contribution in [0.15, 0.2) is 42.6 Å². The first-order chi connectivity index (χ1) is 8.78. The predicted molar refractivity (Wildman–Crippen MR) is 72.6 cm³/mol. The second kappa shape index (κ2) is 4.31. The average Bonchev–Trinajstić information content (AvgIpc) is 2.99. The van der Waals surface area contributed by atoms with Crippen molar-refractivity contribution in [3.8, 4) is 5.75 Å². The Hall–Kier alpha value is -2.07. The first kappa shape index (κ1) is 11.0. The molecule has 0 spiro atoms. The van der Waals surface area contributed by atoms with Crippen molar-refractivity contribution in [2.24, 2.45) is 0 Å². The van der Waals surface area contributed by atoms with Crippen LogP contribution in [0.5, 0.6) is 5.75 Å². The maximum atomic E-state index is 12.3. The first-order valence-corrected chi connectivity index (χ1v) is 6.35. The summed E-state index contributed by atoms with van der Waals surface area (Å²) >= 11 is 1.48. The number of rotatable bonds is 3. The minimum Gasteiger partial charge on any atom is -0.497 e. The van der Waals surface area contributed by atoms with Gasteiger partial charge in [-0.05, 0) is 36.4 Å². The van der Waals surface area contributed by atoms with Crippen LogP contribution in [0.3, 0.4) is 0 Å². The molecule has 0 aliphatic heterocycles. The normalized spacial score (nSPS) is 10.7. The molecule has 0 saturated heterocycles. The Morgan fingerprint density at radius 1 is 1.22 bits per heavy atom. The number of aromatic amines is 1. The molecule has 90 valence electrons. The van der Waals surface area contributed by atoms with Gasteiger partial charge in [0.05, 0.1) is 12.0 Å². The molecule has 4 heteroatoms. The van der Waals surface area contributed by atoms with Gasteiger partial charge in [0.25, 0.3) is 0 Å². The summed E-state index contributed by atoms with van der Waals surface area (Å²) in [5, 5.41) is 1.08. The average molecular weight is 257 g/mol. The van der Waals surface area contributed by atoms with Gasteiger partial charge in [-0.15, -0.1) is 11.3 Å². The number of fused-ring (bicyclic) bond motifs is 1. The Morgan fingerprint density at radius 2 is 2.00 bits per heavy atom.